The minimum Gasteiger partial charge on any atom is -0.492 e. The summed E-state index contributed by atoms with van der Waals surface area (Å²) in [7, 11) is -3.10. The second kappa shape index (κ2) is 7.94. The largest absolute Gasteiger partial charge is 0.492 e. The third-order valence-corrected chi connectivity index (χ3v) is 3.62. The summed E-state index contributed by atoms with van der Waals surface area (Å²) in [5.41, 5.74) is 0.630. The number of non-ortho nitro benzene ring substituents is 1. The number of sulfone groups is 1. The zero-order chi connectivity index (χ0) is 15.9. The van der Waals surface area contributed by atoms with Crippen molar-refractivity contribution < 1.29 is 18.1 Å². The Labute approximate surface area is 124 Å². The number of rotatable bonds is 9. The lowest BCUT2D eigenvalue weighted by atomic mass is 10.1. The van der Waals surface area contributed by atoms with Crippen molar-refractivity contribution in [2.75, 3.05) is 25.2 Å². The van der Waals surface area contributed by atoms with Crippen molar-refractivity contribution in [2.24, 2.45) is 0 Å². The van der Waals surface area contributed by atoms with Gasteiger partial charge < -0.3 is 10.1 Å². The van der Waals surface area contributed by atoms with Crippen LogP contribution in [0.15, 0.2) is 18.2 Å². The van der Waals surface area contributed by atoms with Gasteiger partial charge in [-0.15, -0.1) is 0 Å². The summed E-state index contributed by atoms with van der Waals surface area (Å²) in [6, 6.07) is 4.29. The Hall–Kier alpha value is -1.67. The Bertz CT molecular complexity index is 586. The molecule has 0 aliphatic carbocycles. The standard InChI is InChI=1S/C13H20N2O5S/c1-3-6-14-10-11-9-12(15(16)17)4-5-13(11)20-7-8-21(2,18)19/h4-5,9,14H,3,6-8,10H2,1-2H3. The summed E-state index contributed by atoms with van der Waals surface area (Å²) < 4.78 is 27.6. The van der Waals surface area contributed by atoms with Crippen LogP contribution in [0.4, 0.5) is 5.69 Å². The van der Waals surface area contributed by atoms with E-state index in [0.29, 0.717) is 17.9 Å². The summed E-state index contributed by atoms with van der Waals surface area (Å²) in [5.74, 6) is 0.374. The van der Waals surface area contributed by atoms with Crippen LogP contribution < -0.4 is 10.1 Å². The van der Waals surface area contributed by atoms with Gasteiger partial charge in [0, 0.05) is 30.5 Å². The summed E-state index contributed by atoms with van der Waals surface area (Å²) in [5, 5.41) is 13.9. The normalized spacial score (nSPS) is 11.3. The van der Waals surface area contributed by atoms with Gasteiger partial charge in [-0.25, -0.2) is 8.42 Å². The van der Waals surface area contributed by atoms with E-state index in [1.165, 1.54) is 18.2 Å². The molecule has 0 saturated carbocycles. The van der Waals surface area contributed by atoms with Gasteiger partial charge in [0.25, 0.3) is 5.69 Å². The topological polar surface area (TPSA) is 98.5 Å². The van der Waals surface area contributed by atoms with Gasteiger partial charge in [-0.05, 0) is 19.0 Å². The number of nitro benzene ring substituents is 1. The van der Waals surface area contributed by atoms with Crippen LogP contribution in [0.2, 0.25) is 0 Å². The van der Waals surface area contributed by atoms with Gasteiger partial charge in [0.05, 0.1) is 10.7 Å². The monoisotopic (exact) mass is 316 g/mol. The van der Waals surface area contributed by atoms with E-state index in [-0.39, 0.29) is 18.0 Å². The van der Waals surface area contributed by atoms with Crippen molar-refractivity contribution in [3.63, 3.8) is 0 Å². The molecule has 0 bridgehead atoms. The van der Waals surface area contributed by atoms with Crippen LogP contribution >= 0.6 is 0 Å². The highest BCUT2D eigenvalue weighted by Crippen LogP contribution is 2.24. The van der Waals surface area contributed by atoms with Crippen LogP contribution in [0.3, 0.4) is 0 Å². The van der Waals surface area contributed by atoms with Crippen molar-refractivity contribution in [3.05, 3.63) is 33.9 Å². The predicted octanol–water partition coefficient (Wildman–Crippen LogP) is 1.52. The maximum atomic E-state index is 11.1. The molecule has 0 heterocycles. The molecule has 0 unspecified atom stereocenters. The molecule has 7 nitrogen and oxygen atoms in total. The number of nitrogens with one attached hydrogen (secondary N) is 1. The SMILES string of the molecule is CCCNCc1cc([N+](=O)[O-])ccc1OCCS(C)(=O)=O. The lowest BCUT2D eigenvalue weighted by Crippen LogP contribution is -2.16. The molecular weight excluding hydrogens is 296 g/mol. The number of hydrogen-bond acceptors (Lipinski definition) is 6. The molecule has 0 fully saturated rings. The first-order chi connectivity index (χ1) is 9.83. The molecule has 0 atom stereocenters. The molecule has 1 N–H and O–H groups in total. The zero-order valence-electron chi connectivity index (χ0n) is 12.2. The summed E-state index contributed by atoms with van der Waals surface area (Å²) in [4.78, 5) is 10.3. The van der Waals surface area contributed by atoms with E-state index in [2.05, 4.69) is 5.32 Å². The first-order valence-corrected chi connectivity index (χ1v) is 8.68. The van der Waals surface area contributed by atoms with Crippen molar-refractivity contribution in [2.45, 2.75) is 19.9 Å². The lowest BCUT2D eigenvalue weighted by molar-refractivity contribution is -0.384. The summed E-state index contributed by atoms with van der Waals surface area (Å²) in [6.07, 6.45) is 2.08. The molecule has 0 spiro atoms. The molecule has 0 aromatic heterocycles. The smallest absolute Gasteiger partial charge is 0.270 e. The third-order valence-electron chi connectivity index (χ3n) is 2.71. The second-order valence-corrected chi connectivity index (χ2v) is 6.96. The molecule has 0 aliphatic rings. The molecule has 0 saturated heterocycles. The fourth-order valence-corrected chi connectivity index (χ4v) is 2.05. The van der Waals surface area contributed by atoms with E-state index in [9.17, 15) is 18.5 Å². The molecule has 1 rings (SSSR count). The van der Waals surface area contributed by atoms with Crippen molar-refractivity contribution in [1.82, 2.24) is 5.32 Å². The minimum absolute atomic E-state index is 0.0150. The van der Waals surface area contributed by atoms with Crippen LogP contribution in [0, 0.1) is 10.1 Å². The van der Waals surface area contributed by atoms with Crippen LogP contribution in [-0.2, 0) is 16.4 Å². The third kappa shape index (κ3) is 6.54. The molecule has 21 heavy (non-hydrogen) atoms. The first-order valence-electron chi connectivity index (χ1n) is 6.62. The molecule has 0 aliphatic heterocycles. The molecule has 0 radical (unpaired) electrons. The van der Waals surface area contributed by atoms with Crippen LogP contribution in [0.5, 0.6) is 5.75 Å². The molecule has 0 amide bonds. The van der Waals surface area contributed by atoms with Crippen molar-refractivity contribution in [3.8, 4) is 5.75 Å². The van der Waals surface area contributed by atoms with Crippen molar-refractivity contribution >= 4 is 15.5 Å². The van der Waals surface area contributed by atoms with Gasteiger partial charge in [-0.2, -0.15) is 0 Å². The minimum atomic E-state index is -3.10. The van der Waals surface area contributed by atoms with Gasteiger partial charge in [0.2, 0.25) is 0 Å². The first kappa shape index (κ1) is 17.4. The Morgan fingerprint density at radius 1 is 1.38 bits per heavy atom. The summed E-state index contributed by atoms with van der Waals surface area (Å²) in [6.45, 7) is 3.26. The van der Waals surface area contributed by atoms with Gasteiger partial charge in [-0.3, -0.25) is 10.1 Å². The number of ether oxygens (including phenoxy) is 1. The average Bonchev–Trinajstić information content (AvgIpc) is 2.38. The Morgan fingerprint density at radius 3 is 2.67 bits per heavy atom. The van der Waals surface area contributed by atoms with E-state index in [4.69, 9.17) is 4.74 Å². The van der Waals surface area contributed by atoms with Crippen LogP contribution in [0.1, 0.15) is 18.9 Å². The number of hydrogen-bond donors (Lipinski definition) is 1. The molecular formula is C13H20N2O5S. The Morgan fingerprint density at radius 2 is 2.10 bits per heavy atom. The van der Waals surface area contributed by atoms with Gasteiger partial charge in [0.1, 0.15) is 12.4 Å². The average molecular weight is 316 g/mol. The number of nitro groups is 1. The summed E-state index contributed by atoms with van der Waals surface area (Å²) >= 11 is 0. The van der Waals surface area contributed by atoms with E-state index >= 15 is 0 Å². The van der Waals surface area contributed by atoms with Gasteiger partial charge >= 0.3 is 0 Å². The van der Waals surface area contributed by atoms with Crippen molar-refractivity contribution in [1.29, 1.82) is 0 Å². The quantitative estimate of drug-likeness (QED) is 0.421. The highest BCUT2D eigenvalue weighted by molar-refractivity contribution is 7.90. The van der Waals surface area contributed by atoms with E-state index in [1.807, 2.05) is 6.92 Å². The van der Waals surface area contributed by atoms with E-state index < -0.39 is 14.8 Å². The Balaban J connectivity index is 2.82. The number of benzene rings is 1. The van der Waals surface area contributed by atoms with Crippen LogP contribution in [-0.4, -0.2) is 38.5 Å². The van der Waals surface area contributed by atoms with Gasteiger partial charge in [-0.1, -0.05) is 6.92 Å². The van der Waals surface area contributed by atoms with Gasteiger partial charge in [0.15, 0.2) is 9.84 Å². The number of nitrogens with zero attached hydrogens (tertiary/aromatic N) is 1. The Kier molecular flexibility index (Phi) is 6.57. The highest BCUT2D eigenvalue weighted by atomic mass is 32.2. The molecule has 8 heteroatoms. The molecule has 1 aromatic carbocycles. The highest BCUT2D eigenvalue weighted by Gasteiger charge is 2.12. The maximum Gasteiger partial charge on any atom is 0.270 e. The fraction of sp³-hybridized carbons (Fsp3) is 0.538. The lowest BCUT2D eigenvalue weighted by Gasteiger charge is -2.11. The molecule has 1 aromatic rings. The molecule has 118 valence electrons. The van der Waals surface area contributed by atoms with E-state index in [0.717, 1.165) is 19.2 Å². The fourth-order valence-electron chi connectivity index (χ4n) is 1.66. The van der Waals surface area contributed by atoms with E-state index in [1.54, 1.807) is 0 Å². The van der Waals surface area contributed by atoms with Crippen LogP contribution in [0.25, 0.3) is 0 Å². The maximum absolute atomic E-state index is 11.1. The second-order valence-electron chi connectivity index (χ2n) is 4.70. The zero-order valence-corrected chi connectivity index (χ0v) is 13.0. The predicted molar refractivity (Wildman–Crippen MR) is 80.3 cm³/mol.